The first-order valence-corrected chi connectivity index (χ1v) is 5.68. The first-order chi connectivity index (χ1) is 6.22. The van der Waals surface area contributed by atoms with E-state index in [9.17, 15) is 0 Å². The molecule has 0 radical (unpaired) electrons. The minimum absolute atomic E-state index is 0.711. The number of hydrogen-bond donors (Lipinski definition) is 0. The van der Waals surface area contributed by atoms with Gasteiger partial charge in [-0.1, -0.05) is 25.5 Å². The summed E-state index contributed by atoms with van der Waals surface area (Å²) in [7, 11) is 0. The van der Waals surface area contributed by atoms with Crippen LogP contribution in [-0.2, 0) is 0 Å². The smallest absolute Gasteiger partial charge is 0.0290 e. The molecule has 0 aliphatic carbocycles. The molecule has 0 aromatic rings. The van der Waals surface area contributed by atoms with Crippen molar-refractivity contribution in [2.24, 2.45) is 5.92 Å². The van der Waals surface area contributed by atoms with Crippen LogP contribution in [0.5, 0.6) is 0 Å². The third kappa shape index (κ3) is 1.54. The average molecular weight is 179 g/mol. The van der Waals surface area contributed by atoms with E-state index < -0.39 is 0 Å². The molecule has 2 heterocycles. The van der Waals surface area contributed by atoms with E-state index in [1.807, 2.05) is 0 Å². The van der Waals surface area contributed by atoms with Gasteiger partial charge in [0, 0.05) is 18.1 Å². The molecule has 1 saturated heterocycles. The van der Waals surface area contributed by atoms with Crippen molar-refractivity contribution in [2.75, 3.05) is 0 Å². The summed E-state index contributed by atoms with van der Waals surface area (Å²) >= 11 is 0. The summed E-state index contributed by atoms with van der Waals surface area (Å²) in [5.41, 5.74) is 0. The van der Waals surface area contributed by atoms with Gasteiger partial charge in [0.25, 0.3) is 0 Å². The zero-order valence-electron chi connectivity index (χ0n) is 9.03. The molecule has 1 fully saturated rings. The highest BCUT2D eigenvalue weighted by Crippen LogP contribution is 2.36. The number of fused-ring (bicyclic) bond motifs is 2. The van der Waals surface area contributed by atoms with E-state index in [0.717, 1.165) is 18.0 Å². The van der Waals surface area contributed by atoms with Gasteiger partial charge in [-0.25, -0.2) is 0 Å². The highest BCUT2D eigenvalue weighted by atomic mass is 15.2. The molecule has 2 bridgehead atoms. The normalized spacial score (nSPS) is 38.9. The van der Waals surface area contributed by atoms with Gasteiger partial charge in [0.2, 0.25) is 0 Å². The third-order valence-electron chi connectivity index (χ3n) is 3.64. The number of nitrogens with zero attached hydrogens (tertiary/aromatic N) is 1. The minimum Gasteiger partial charge on any atom is -0.288 e. The standard InChI is InChI=1S/C12H21N/c1-4-10-7-11-5-6-12(8-10)13(11)9(2)3/h5-6,9-12H,4,7-8H2,1-3H3. The van der Waals surface area contributed by atoms with Crippen LogP contribution in [-0.4, -0.2) is 23.0 Å². The molecular weight excluding hydrogens is 158 g/mol. The lowest BCUT2D eigenvalue weighted by molar-refractivity contribution is 0.0851. The van der Waals surface area contributed by atoms with Crippen molar-refractivity contribution in [3.63, 3.8) is 0 Å². The van der Waals surface area contributed by atoms with E-state index in [-0.39, 0.29) is 0 Å². The van der Waals surface area contributed by atoms with Gasteiger partial charge in [-0.3, -0.25) is 4.90 Å². The van der Waals surface area contributed by atoms with Crippen LogP contribution in [0.25, 0.3) is 0 Å². The Hall–Kier alpha value is -0.300. The van der Waals surface area contributed by atoms with E-state index in [2.05, 4.69) is 37.8 Å². The van der Waals surface area contributed by atoms with Gasteiger partial charge in [0.15, 0.2) is 0 Å². The van der Waals surface area contributed by atoms with Crippen LogP contribution in [0.3, 0.4) is 0 Å². The molecule has 74 valence electrons. The lowest BCUT2D eigenvalue weighted by atomic mass is 9.87. The molecule has 1 nitrogen and oxygen atoms in total. The molecule has 0 spiro atoms. The van der Waals surface area contributed by atoms with Crippen molar-refractivity contribution in [3.8, 4) is 0 Å². The molecule has 0 N–H and O–H groups in total. The van der Waals surface area contributed by atoms with E-state index in [4.69, 9.17) is 0 Å². The van der Waals surface area contributed by atoms with Crippen molar-refractivity contribution in [2.45, 2.75) is 58.2 Å². The number of piperidine rings is 1. The Morgan fingerprint density at radius 1 is 1.23 bits per heavy atom. The average Bonchev–Trinajstić information content (AvgIpc) is 2.37. The number of hydrogen-bond acceptors (Lipinski definition) is 1. The van der Waals surface area contributed by atoms with Gasteiger partial charge in [-0.05, 0) is 32.6 Å². The Morgan fingerprint density at radius 2 is 1.77 bits per heavy atom. The van der Waals surface area contributed by atoms with E-state index in [1.165, 1.54) is 19.3 Å². The lowest BCUT2D eigenvalue weighted by Gasteiger charge is -2.41. The first-order valence-electron chi connectivity index (χ1n) is 5.68. The fourth-order valence-corrected chi connectivity index (χ4v) is 2.98. The van der Waals surface area contributed by atoms with Gasteiger partial charge in [-0.15, -0.1) is 0 Å². The molecule has 2 rings (SSSR count). The zero-order valence-corrected chi connectivity index (χ0v) is 9.03. The fourth-order valence-electron chi connectivity index (χ4n) is 2.98. The van der Waals surface area contributed by atoms with Crippen LogP contribution in [0.15, 0.2) is 12.2 Å². The van der Waals surface area contributed by atoms with Crippen molar-refractivity contribution in [1.82, 2.24) is 4.90 Å². The van der Waals surface area contributed by atoms with Gasteiger partial charge < -0.3 is 0 Å². The third-order valence-corrected chi connectivity index (χ3v) is 3.64. The molecule has 13 heavy (non-hydrogen) atoms. The quantitative estimate of drug-likeness (QED) is 0.589. The largest absolute Gasteiger partial charge is 0.288 e. The maximum absolute atomic E-state index is 2.67. The summed E-state index contributed by atoms with van der Waals surface area (Å²) in [6, 6.07) is 2.22. The minimum atomic E-state index is 0.711. The highest BCUT2D eigenvalue weighted by molar-refractivity contribution is 5.14. The summed E-state index contributed by atoms with van der Waals surface area (Å²) in [5, 5.41) is 0. The van der Waals surface area contributed by atoms with Crippen molar-refractivity contribution in [3.05, 3.63) is 12.2 Å². The van der Waals surface area contributed by atoms with E-state index >= 15 is 0 Å². The SMILES string of the molecule is CCC1CC2C=CC(C1)N2C(C)C. The van der Waals surface area contributed by atoms with Crippen LogP contribution < -0.4 is 0 Å². The fraction of sp³-hybridized carbons (Fsp3) is 0.833. The van der Waals surface area contributed by atoms with Crippen molar-refractivity contribution >= 4 is 0 Å². The molecule has 0 aromatic carbocycles. The molecule has 0 saturated carbocycles. The predicted molar refractivity (Wildman–Crippen MR) is 56.7 cm³/mol. The molecule has 2 unspecified atom stereocenters. The molecule has 2 atom stereocenters. The topological polar surface area (TPSA) is 3.24 Å². The van der Waals surface area contributed by atoms with Crippen LogP contribution in [0, 0.1) is 5.92 Å². The van der Waals surface area contributed by atoms with Crippen LogP contribution in [0.4, 0.5) is 0 Å². The maximum atomic E-state index is 2.67. The Kier molecular flexibility index (Phi) is 2.46. The van der Waals surface area contributed by atoms with Crippen molar-refractivity contribution in [1.29, 1.82) is 0 Å². The zero-order chi connectivity index (χ0) is 9.42. The van der Waals surface area contributed by atoms with Crippen LogP contribution in [0.1, 0.15) is 40.0 Å². The van der Waals surface area contributed by atoms with Crippen LogP contribution >= 0.6 is 0 Å². The molecule has 0 aromatic heterocycles. The second kappa shape index (κ2) is 3.45. The monoisotopic (exact) mass is 179 g/mol. The van der Waals surface area contributed by atoms with Gasteiger partial charge in [0.1, 0.15) is 0 Å². The predicted octanol–water partition coefficient (Wildman–Crippen LogP) is 2.82. The first kappa shape index (κ1) is 9.26. The summed E-state index contributed by atoms with van der Waals surface area (Å²) in [5.74, 6) is 0.972. The highest BCUT2D eigenvalue weighted by Gasteiger charge is 2.37. The second-order valence-corrected chi connectivity index (χ2v) is 4.81. The summed E-state index contributed by atoms with van der Waals surface area (Å²) in [6.07, 6.45) is 9.00. The Labute approximate surface area is 81.8 Å². The second-order valence-electron chi connectivity index (χ2n) is 4.81. The van der Waals surface area contributed by atoms with Gasteiger partial charge in [0.05, 0.1) is 0 Å². The molecular formula is C12H21N. The lowest BCUT2D eigenvalue weighted by Crippen LogP contribution is -2.47. The van der Waals surface area contributed by atoms with Gasteiger partial charge in [-0.2, -0.15) is 0 Å². The molecule has 1 heteroatoms. The summed E-state index contributed by atoms with van der Waals surface area (Å²) in [4.78, 5) is 2.67. The molecule has 2 aliphatic rings. The Morgan fingerprint density at radius 3 is 2.15 bits per heavy atom. The number of rotatable bonds is 2. The van der Waals surface area contributed by atoms with E-state index in [1.54, 1.807) is 0 Å². The van der Waals surface area contributed by atoms with Gasteiger partial charge >= 0.3 is 0 Å². The summed E-state index contributed by atoms with van der Waals surface area (Å²) < 4.78 is 0. The molecule has 2 aliphatic heterocycles. The van der Waals surface area contributed by atoms with E-state index in [0.29, 0.717) is 6.04 Å². The molecule has 0 amide bonds. The Bertz CT molecular complexity index is 191. The summed E-state index contributed by atoms with van der Waals surface area (Å²) in [6.45, 7) is 6.97. The Balaban J connectivity index is 2.07. The van der Waals surface area contributed by atoms with Crippen LogP contribution in [0.2, 0.25) is 0 Å². The maximum Gasteiger partial charge on any atom is 0.0290 e. The van der Waals surface area contributed by atoms with Crippen molar-refractivity contribution < 1.29 is 0 Å².